The van der Waals surface area contributed by atoms with Crippen molar-refractivity contribution in [1.82, 2.24) is 18.8 Å². The average molecular weight is 641 g/mol. The Hall–Kier alpha value is -4.25. The minimum atomic E-state index is -4.00. The number of fused-ring (bicyclic) bond motifs is 2. The number of hydrogen-bond acceptors (Lipinski definition) is 7. The van der Waals surface area contributed by atoms with Crippen molar-refractivity contribution in [2.45, 2.75) is 44.1 Å². The zero-order chi connectivity index (χ0) is 32.8. The van der Waals surface area contributed by atoms with Crippen LogP contribution in [-0.4, -0.2) is 83.3 Å². The zero-order valence-corrected chi connectivity index (χ0v) is 27.7. The molecule has 10 heteroatoms. The minimum Gasteiger partial charge on any atom is -0.496 e. The van der Waals surface area contributed by atoms with Gasteiger partial charge < -0.3 is 19.6 Å². The van der Waals surface area contributed by atoms with Gasteiger partial charge in [0, 0.05) is 55.6 Å². The number of methoxy groups -OCH3 is 1. The number of carbonyl (C=O) groups excluding carboxylic acids is 1. The predicted octanol–water partition coefficient (Wildman–Crippen LogP) is 5.13. The van der Waals surface area contributed by atoms with E-state index in [4.69, 9.17) is 4.74 Å². The summed E-state index contributed by atoms with van der Waals surface area (Å²) in [7, 11) is 1.43. The summed E-state index contributed by atoms with van der Waals surface area (Å²) in [6, 6.07) is 14.9. The van der Waals surface area contributed by atoms with Crippen LogP contribution in [0.25, 0.3) is 27.7 Å². The molecule has 0 saturated carbocycles. The number of amides is 1. The number of pyridine rings is 1. The molecule has 2 aromatic heterocycles. The summed E-state index contributed by atoms with van der Waals surface area (Å²) in [4.78, 5) is 21.1. The highest BCUT2D eigenvalue weighted by Gasteiger charge is 2.41. The third kappa shape index (κ3) is 5.65. The van der Waals surface area contributed by atoms with Gasteiger partial charge in [-0.3, -0.25) is 4.79 Å². The summed E-state index contributed by atoms with van der Waals surface area (Å²) in [5, 5.41) is 10.4. The highest BCUT2D eigenvalue weighted by molar-refractivity contribution is 7.91. The number of aliphatic hydroxyl groups is 1. The van der Waals surface area contributed by atoms with Crippen molar-refractivity contribution in [2.75, 3.05) is 34.3 Å². The molecule has 1 unspecified atom stereocenters. The van der Waals surface area contributed by atoms with Crippen LogP contribution in [0, 0.1) is 0 Å². The van der Waals surface area contributed by atoms with Crippen molar-refractivity contribution in [1.29, 1.82) is 0 Å². The molecule has 2 aliphatic rings. The van der Waals surface area contributed by atoms with Crippen LogP contribution >= 0.6 is 0 Å². The van der Waals surface area contributed by atoms with Crippen molar-refractivity contribution in [2.24, 2.45) is 0 Å². The van der Waals surface area contributed by atoms with E-state index >= 15 is 0 Å². The zero-order valence-electron chi connectivity index (χ0n) is 26.9. The Morgan fingerprint density at radius 2 is 1.93 bits per heavy atom. The van der Waals surface area contributed by atoms with E-state index in [0.717, 1.165) is 42.0 Å². The molecular weight excluding hydrogens is 600 g/mol. The molecule has 1 N–H and O–H groups in total. The monoisotopic (exact) mass is 640 g/mol. The van der Waals surface area contributed by atoms with Crippen LogP contribution in [0.1, 0.15) is 47.3 Å². The summed E-state index contributed by atoms with van der Waals surface area (Å²) in [5.74, 6) is 0.626. The van der Waals surface area contributed by atoms with E-state index in [0.29, 0.717) is 28.6 Å². The van der Waals surface area contributed by atoms with E-state index in [-0.39, 0.29) is 12.5 Å². The van der Waals surface area contributed by atoms with E-state index in [1.54, 1.807) is 58.6 Å². The highest BCUT2D eigenvalue weighted by atomic mass is 32.2. The first-order valence-electron chi connectivity index (χ1n) is 15.4. The Labute approximate surface area is 270 Å². The molecule has 3 heterocycles. The molecule has 2 atom stereocenters. The Kier molecular flexibility index (Phi) is 8.39. The fraction of sp³-hybridized carbons (Fsp3) is 0.333. The van der Waals surface area contributed by atoms with Gasteiger partial charge in [-0.05, 0) is 98.0 Å². The molecule has 1 aliphatic heterocycles. The molecule has 0 fully saturated rings. The number of ether oxygens (including phenoxy) is 1. The molecule has 0 bridgehead atoms. The van der Waals surface area contributed by atoms with Crippen molar-refractivity contribution in [3.05, 3.63) is 101 Å². The SMILES string of the molecule is COc1cc(C2=C[C@@](C)(S(=O)(=O)n3cc(-c4ccc(C(=O)N(C)CC(C)O)cc4)c4cccnc43)CC=C2)cc2c1CCN(C)C2. The van der Waals surface area contributed by atoms with Crippen LogP contribution < -0.4 is 4.74 Å². The third-order valence-corrected chi connectivity index (χ3v) is 11.3. The maximum absolute atomic E-state index is 14.6. The van der Waals surface area contributed by atoms with Gasteiger partial charge in [-0.2, -0.15) is 0 Å². The number of nitrogens with zero attached hydrogens (tertiary/aromatic N) is 4. The Morgan fingerprint density at radius 3 is 2.65 bits per heavy atom. The molecule has 0 spiro atoms. The first-order chi connectivity index (χ1) is 21.9. The quantitative estimate of drug-likeness (QED) is 0.285. The maximum Gasteiger partial charge on any atom is 0.253 e. The fourth-order valence-electron chi connectivity index (χ4n) is 6.53. The van der Waals surface area contributed by atoms with Gasteiger partial charge in [-0.1, -0.05) is 30.4 Å². The van der Waals surface area contributed by atoms with Gasteiger partial charge in [0.1, 0.15) is 10.5 Å². The summed E-state index contributed by atoms with van der Waals surface area (Å²) in [6.45, 7) is 5.39. The molecule has 6 rings (SSSR count). The van der Waals surface area contributed by atoms with Crippen LogP contribution in [0.5, 0.6) is 5.75 Å². The molecule has 9 nitrogen and oxygen atoms in total. The largest absolute Gasteiger partial charge is 0.496 e. The molecule has 1 aliphatic carbocycles. The summed E-state index contributed by atoms with van der Waals surface area (Å²) in [6.07, 6.45) is 9.59. The number of aromatic nitrogens is 2. The number of benzene rings is 2. The van der Waals surface area contributed by atoms with Gasteiger partial charge in [-0.25, -0.2) is 17.4 Å². The normalized spacial score (nSPS) is 19.0. The summed E-state index contributed by atoms with van der Waals surface area (Å²) >= 11 is 0. The molecule has 0 radical (unpaired) electrons. The lowest BCUT2D eigenvalue weighted by atomic mass is 9.89. The Morgan fingerprint density at radius 1 is 1.17 bits per heavy atom. The van der Waals surface area contributed by atoms with Gasteiger partial charge in [-0.15, -0.1) is 0 Å². The molecule has 240 valence electrons. The second kappa shape index (κ2) is 12.2. The second-order valence-electron chi connectivity index (χ2n) is 12.7. The first kappa shape index (κ1) is 31.7. The summed E-state index contributed by atoms with van der Waals surface area (Å²) < 4.78 is 35.0. The van der Waals surface area contributed by atoms with E-state index in [1.807, 2.05) is 42.5 Å². The van der Waals surface area contributed by atoms with Crippen molar-refractivity contribution >= 4 is 32.5 Å². The number of rotatable bonds is 8. The van der Waals surface area contributed by atoms with Crippen molar-refractivity contribution < 1.29 is 23.1 Å². The standard InChI is InChI=1S/C36H40N4O5S/c1-24(41)21-39(4)35(42)26-12-10-25(11-13-26)32-23-40(34-31(32)9-7-16-37-34)46(43,44)36(2)15-6-8-27(20-36)28-18-29-22-38(3)17-14-30(29)33(19-28)45-5/h6-13,16,18-20,23-24,41H,14-15,17,21-22H2,1-5H3/t24?,36-/m0/s1. The van der Waals surface area contributed by atoms with Gasteiger partial charge in [0.15, 0.2) is 5.65 Å². The van der Waals surface area contributed by atoms with Crippen molar-refractivity contribution in [3.63, 3.8) is 0 Å². The number of likely N-dealkylation sites (N-methyl/N-ethyl adjacent to an activating group) is 2. The number of carbonyl (C=O) groups is 1. The topological polar surface area (TPSA) is 105 Å². The van der Waals surface area contributed by atoms with Crippen molar-refractivity contribution in [3.8, 4) is 16.9 Å². The van der Waals surface area contributed by atoms with Crippen LogP contribution in [0.2, 0.25) is 0 Å². The first-order valence-corrected chi connectivity index (χ1v) is 16.9. The van der Waals surface area contributed by atoms with E-state index in [2.05, 4.69) is 23.0 Å². The van der Waals surface area contributed by atoms with Gasteiger partial charge in [0.25, 0.3) is 5.91 Å². The van der Waals surface area contributed by atoms with Gasteiger partial charge >= 0.3 is 0 Å². The number of allylic oxidation sites excluding steroid dienone is 3. The Balaban J connectivity index is 1.38. The molecule has 4 aromatic rings. The van der Waals surface area contributed by atoms with Crippen LogP contribution in [0.3, 0.4) is 0 Å². The molecule has 46 heavy (non-hydrogen) atoms. The number of hydrogen-bond donors (Lipinski definition) is 1. The lowest BCUT2D eigenvalue weighted by molar-refractivity contribution is 0.0703. The molecule has 0 saturated heterocycles. The second-order valence-corrected chi connectivity index (χ2v) is 14.9. The summed E-state index contributed by atoms with van der Waals surface area (Å²) in [5.41, 5.74) is 6.44. The van der Waals surface area contributed by atoms with E-state index < -0.39 is 20.9 Å². The molecule has 1 amide bonds. The maximum atomic E-state index is 14.6. The third-order valence-electron chi connectivity index (χ3n) is 9.03. The highest BCUT2D eigenvalue weighted by Crippen LogP contribution is 2.40. The van der Waals surface area contributed by atoms with Crippen LogP contribution in [0.4, 0.5) is 0 Å². The Bertz CT molecular complexity index is 1980. The lowest BCUT2D eigenvalue weighted by Crippen LogP contribution is -2.38. The van der Waals surface area contributed by atoms with Gasteiger partial charge in [0.2, 0.25) is 10.0 Å². The molecule has 2 aromatic carbocycles. The van der Waals surface area contributed by atoms with Crippen LogP contribution in [-0.2, 0) is 23.0 Å². The van der Waals surface area contributed by atoms with Gasteiger partial charge in [0.05, 0.1) is 13.2 Å². The molecular formula is C36H40N4O5S. The van der Waals surface area contributed by atoms with Crippen LogP contribution in [0.15, 0.2) is 79.2 Å². The van der Waals surface area contributed by atoms with E-state index in [9.17, 15) is 18.3 Å². The predicted molar refractivity (Wildman–Crippen MR) is 181 cm³/mol. The average Bonchev–Trinajstić information content (AvgIpc) is 3.44. The van der Waals surface area contributed by atoms with E-state index in [1.165, 1.54) is 20.0 Å². The number of aliphatic hydroxyl groups excluding tert-OH is 1. The lowest BCUT2D eigenvalue weighted by Gasteiger charge is -2.30. The minimum absolute atomic E-state index is 0.205. The smallest absolute Gasteiger partial charge is 0.253 e. The fourth-order valence-corrected chi connectivity index (χ4v) is 8.17.